The smallest absolute Gasteiger partial charge is 0.266 e. The van der Waals surface area contributed by atoms with Crippen molar-refractivity contribution in [2.24, 2.45) is 4.99 Å². The van der Waals surface area contributed by atoms with Crippen molar-refractivity contribution in [3.8, 4) is 0 Å². The quantitative estimate of drug-likeness (QED) is 0.271. The van der Waals surface area contributed by atoms with Crippen LogP contribution in [0.5, 0.6) is 0 Å². The first-order valence-electron chi connectivity index (χ1n) is 12.0. The van der Waals surface area contributed by atoms with Gasteiger partial charge >= 0.3 is 0 Å². The first-order chi connectivity index (χ1) is 17.0. The van der Waals surface area contributed by atoms with Gasteiger partial charge in [-0.3, -0.25) is 9.69 Å². The average Bonchev–Trinajstić information content (AvgIpc) is 3.38. The number of hydrogen-bond acceptors (Lipinski definition) is 3. The second-order valence-electron chi connectivity index (χ2n) is 9.14. The van der Waals surface area contributed by atoms with Crippen molar-refractivity contribution in [2.75, 3.05) is 6.54 Å². The zero-order valence-electron chi connectivity index (χ0n) is 20.3. The average molecular weight is 480 g/mol. The fourth-order valence-corrected chi connectivity index (χ4v) is 5.33. The van der Waals surface area contributed by atoms with Gasteiger partial charge in [0.2, 0.25) is 0 Å². The van der Waals surface area contributed by atoms with Crippen LogP contribution < -0.4 is 0 Å². The van der Waals surface area contributed by atoms with Crippen molar-refractivity contribution in [3.05, 3.63) is 107 Å². The Labute approximate surface area is 211 Å². The molecule has 1 aliphatic rings. The number of amides is 1. The number of nitrogens with zero attached hydrogens (tertiary/aromatic N) is 3. The molecule has 0 radical (unpaired) electrons. The van der Waals surface area contributed by atoms with Gasteiger partial charge in [-0.1, -0.05) is 66.2 Å². The van der Waals surface area contributed by atoms with E-state index in [9.17, 15) is 4.79 Å². The molecular formula is C30H29N3OS. The van der Waals surface area contributed by atoms with Crippen LogP contribution in [0, 0.1) is 6.92 Å². The topological polar surface area (TPSA) is 37.6 Å². The van der Waals surface area contributed by atoms with Gasteiger partial charge in [0.05, 0.1) is 10.6 Å². The van der Waals surface area contributed by atoms with Crippen molar-refractivity contribution in [2.45, 2.75) is 33.2 Å². The highest BCUT2D eigenvalue weighted by Crippen LogP contribution is 2.36. The number of hydrogen-bond donors (Lipinski definition) is 0. The SMILES string of the molecule is Cc1ccc(N=C2S/C(=C/c3cn(C(C)C)c4ccccc34)C(=O)N2CCc2ccccc2)cc1. The van der Waals surface area contributed by atoms with Crippen LogP contribution in [0.1, 0.15) is 36.6 Å². The van der Waals surface area contributed by atoms with Gasteiger partial charge < -0.3 is 4.57 Å². The lowest BCUT2D eigenvalue weighted by molar-refractivity contribution is -0.122. The summed E-state index contributed by atoms with van der Waals surface area (Å²) in [7, 11) is 0. The zero-order chi connectivity index (χ0) is 24.4. The summed E-state index contributed by atoms with van der Waals surface area (Å²) in [6.45, 7) is 7.00. The Bertz CT molecular complexity index is 1420. The molecule has 0 N–H and O–H groups in total. The minimum absolute atomic E-state index is 0.0122. The van der Waals surface area contributed by atoms with E-state index in [1.54, 1.807) is 0 Å². The minimum atomic E-state index is 0.0122. The molecule has 176 valence electrons. The maximum Gasteiger partial charge on any atom is 0.266 e. The molecule has 0 unspecified atom stereocenters. The fourth-order valence-electron chi connectivity index (χ4n) is 4.32. The number of aryl methyl sites for hydroxylation is 1. The van der Waals surface area contributed by atoms with Crippen LogP contribution in [0.2, 0.25) is 0 Å². The Morgan fingerprint density at radius 3 is 2.40 bits per heavy atom. The number of thioether (sulfide) groups is 1. The number of benzene rings is 3. The Hall–Kier alpha value is -3.57. The molecule has 35 heavy (non-hydrogen) atoms. The number of fused-ring (bicyclic) bond motifs is 1. The lowest BCUT2D eigenvalue weighted by Gasteiger charge is -2.15. The maximum atomic E-state index is 13.6. The normalized spacial score (nSPS) is 16.3. The van der Waals surface area contributed by atoms with Crippen LogP contribution in [0.15, 0.2) is 95.0 Å². The van der Waals surface area contributed by atoms with Gasteiger partial charge in [-0.05, 0) is 68.8 Å². The van der Waals surface area contributed by atoms with Gasteiger partial charge in [0.25, 0.3) is 5.91 Å². The van der Waals surface area contributed by atoms with Crippen LogP contribution in [-0.4, -0.2) is 27.1 Å². The first-order valence-corrected chi connectivity index (χ1v) is 12.8. The summed E-state index contributed by atoms with van der Waals surface area (Å²) in [6, 6.07) is 27.1. The summed E-state index contributed by atoms with van der Waals surface area (Å²) in [5.41, 5.74) is 5.49. The van der Waals surface area contributed by atoms with E-state index in [0.29, 0.717) is 17.5 Å². The number of carbonyl (C=O) groups excluding carboxylic acids is 1. The molecule has 2 heterocycles. The highest BCUT2D eigenvalue weighted by atomic mass is 32.2. The van der Waals surface area contributed by atoms with Crippen LogP contribution in [0.4, 0.5) is 5.69 Å². The third-order valence-electron chi connectivity index (χ3n) is 6.23. The Morgan fingerprint density at radius 1 is 0.943 bits per heavy atom. The summed E-state index contributed by atoms with van der Waals surface area (Å²) in [4.78, 5) is 21.0. The Kier molecular flexibility index (Phi) is 6.60. The van der Waals surface area contributed by atoms with Gasteiger partial charge in [0.15, 0.2) is 5.17 Å². The van der Waals surface area contributed by atoms with E-state index in [1.807, 2.05) is 53.4 Å². The molecule has 3 aromatic carbocycles. The highest BCUT2D eigenvalue weighted by molar-refractivity contribution is 8.18. The van der Waals surface area contributed by atoms with Gasteiger partial charge in [-0.25, -0.2) is 4.99 Å². The van der Waals surface area contributed by atoms with Crippen molar-refractivity contribution < 1.29 is 4.79 Å². The lowest BCUT2D eigenvalue weighted by atomic mass is 10.1. The van der Waals surface area contributed by atoms with E-state index in [1.165, 1.54) is 28.4 Å². The molecule has 0 bridgehead atoms. The Morgan fingerprint density at radius 2 is 1.66 bits per heavy atom. The first kappa shape index (κ1) is 23.2. The number of amidine groups is 1. The third-order valence-corrected chi connectivity index (χ3v) is 7.23. The molecule has 1 fully saturated rings. The van der Waals surface area contributed by atoms with Crippen molar-refractivity contribution in [1.82, 2.24) is 9.47 Å². The molecule has 1 aromatic heterocycles. The molecule has 0 atom stereocenters. The number of aliphatic imine (C=N–C) groups is 1. The number of para-hydroxylation sites is 1. The van der Waals surface area contributed by atoms with Gasteiger partial charge in [-0.2, -0.15) is 0 Å². The fraction of sp³-hybridized carbons (Fsp3) is 0.200. The van der Waals surface area contributed by atoms with Crippen molar-refractivity contribution in [3.63, 3.8) is 0 Å². The minimum Gasteiger partial charge on any atom is -0.344 e. The van der Waals surface area contributed by atoms with E-state index in [2.05, 4.69) is 67.9 Å². The monoisotopic (exact) mass is 479 g/mol. The highest BCUT2D eigenvalue weighted by Gasteiger charge is 2.33. The van der Waals surface area contributed by atoms with Gasteiger partial charge in [-0.15, -0.1) is 0 Å². The van der Waals surface area contributed by atoms with Crippen LogP contribution in [0.25, 0.3) is 17.0 Å². The maximum absolute atomic E-state index is 13.6. The lowest BCUT2D eigenvalue weighted by Crippen LogP contribution is -2.31. The second-order valence-corrected chi connectivity index (χ2v) is 10.1. The molecule has 5 rings (SSSR count). The summed E-state index contributed by atoms with van der Waals surface area (Å²) in [5, 5.41) is 1.88. The van der Waals surface area contributed by atoms with Gasteiger partial charge in [0, 0.05) is 35.2 Å². The summed E-state index contributed by atoms with van der Waals surface area (Å²) >= 11 is 1.46. The molecular weight excluding hydrogens is 450 g/mol. The Balaban J connectivity index is 1.51. The molecule has 4 nitrogen and oxygen atoms in total. The van der Waals surface area contributed by atoms with Crippen LogP contribution >= 0.6 is 11.8 Å². The van der Waals surface area contributed by atoms with Crippen molar-refractivity contribution in [1.29, 1.82) is 0 Å². The van der Waals surface area contributed by atoms with E-state index in [4.69, 9.17) is 4.99 Å². The second kappa shape index (κ2) is 9.96. The summed E-state index contributed by atoms with van der Waals surface area (Å²) in [6.07, 6.45) is 4.96. The van der Waals surface area contributed by atoms with E-state index in [0.717, 1.165) is 28.2 Å². The standard InChI is InChI=1S/C30H29N3OS/c1-21(2)33-20-24(26-11-7-8-12-27(26)33)19-28-29(34)32(18-17-23-9-5-4-6-10-23)30(35-28)31-25-15-13-22(3)14-16-25/h4-16,19-21H,17-18H2,1-3H3/b28-19+,31-30?. The van der Waals surface area contributed by atoms with Crippen LogP contribution in [0.3, 0.4) is 0 Å². The number of carbonyl (C=O) groups is 1. The van der Waals surface area contributed by atoms with E-state index < -0.39 is 0 Å². The van der Waals surface area contributed by atoms with Crippen molar-refractivity contribution >= 4 is 45.5 Å². The molecule has 0 aliphatic carbocycles. The van der Waals surface area contributed by atoms with E-state index in [-0.39, 0.29) is 5.91 Å². The molecule has 1 aliphatic heterocycles. The van der Waals surface area contributed by atoms with E-state index >= 15 is 0 Å². The molecule has 0 spiro atoms. The van der Waals surface area contributed by atoms with Crippen LogP contribution in [-0.2, 0) is 11.2 Å². The summed E-state index contributed by atoms with van der Waals surface area (Å²) < 4.78 is 2.26. The number of aromatic nitrogens is 1. The molecule has 5 heteroatoms. The largest absolute Gasteiger partial charge is 0.344 e. The molecule has 0 saturated carbocycles. The number of rotatable bonds is 6. The third kappa shape index (κ3) is 4.96. The molecule has 4 aromatic rings. The zero-order valence-corrected chi connectivity index (χ0v) is 21.1. The predicted molar refractivity (Wildman–Crippen MR) is 148 cm³/mol. The van der Waals surface area contributed by atoms with Gasteiger partial charge in [0.1, 0.15) is 0 Å². The summed E-state index contributed by atoms with van der Waals surface area (Å²) in [5.74, 6) is 0.0122. The molecule has 1 saturated heterocycles. The molecule has 1 amide bonds. The predicted octanol–water partition coefficient (Wildman–Crippen LogP) is 7.38.